The number of carboxylic acid groups (broad SMARTS) is 1. The van der Waals surface area contributed by atoms with E-state index in [-0.39, 0.29) is 12.2 Å². The van der Waals surface area contributed by atoms with Crippen LogP contribution in [0.2, 0.25) is 0 Å². The lowest BCUT2D eigenvalue weighted by Crippen LogP contribution is -2.29. The van der Waals surface area contributed by atoms with Crippen molar-refractivity contribution in [3.05, 3.63) is 23.8 Å². The zero-order valence-corrected chi connectivity index (χ0v) is 12.1. The minimum Gasteiger partial charge on any atom is -0.490 e. The number of rotatable bonds is 4. The van der Waals surface area contributed by atoms with Gasteiger partial charge in [0.2, 0.25) is 0 Å². The van der Waals surface area contributed by atoms with Crippen LogP contribution < -0.4 is 9.47 Å². The standard InChI is InChI=1S/C16H20O5/c1-19-11-3-2-4-12(8-11)20-13-6-5-10-7-15(16(17)18)21-14(10)9-13/h5-6,9,11-12,15H,2-4,7-8H2,1H3,(H,17,18). The van der Waals surface area contributed by atoms with Gasteiger partial charge in [0, 0.05) is 26.0 Å². The lowest BCUT2D eigenvalue weighted by atomic mass is 9.95. The van der Waals surface area contributed by atoms with Crippen LogP contribution in [-0.2, 0) is 16.0 Å². The minimum atomic E-state index is -0.927. The molecule has 1 aliphatic heterocycles. The fourth-order valence-electron chi connectivity index (χ4n) is 3.03. The van der Waals surface area contributed by atoms with Gasteiger partial charge in [0.1, 0.15) is 17.6 Å². The second-order valence-electron chi connectivity index (χ2n) is 5.68. The van der Waals surface area contributed by atoms with Crippen molar-refractivity contribution >= 4 is 5.97 Å². The number of hydrogen-bond donors (Lipinski definition) is 1. The van der Waals surface area contributed by atoms with Crippen molar-refractivity contribution in [2.24, 2.45) is 0 Å². The Hall–Kier alpha value is -1.75. The molecule has 0 amide bonds. The van der Waals surface area contributed by atoms with Crippen LogP contribution in [-0.4, -0.2) is 36.5 Å². The quantitative estimate of drug-likeness (QED) is 0.923. The molecule has 1 aromatic carbocycles. The van der Waals surface area contributed by atoms with E-state index >= 15 is 0 Å². The van der Waals surface area contributed by atoms with E-state index in [9.17, 15) is 4.79 Å². The van der Waals surface area contributed by atoms with Crippen molar-refractivity contribution < 1.29 is 24.1 Å². The summed E-state index contributed by atoms with van der Waals surface area (Å²) >= 11 is 0. The van der Waals surface area contributed by atoms with Gasteiger partial charge in [-0.2, -0.15) is 0 Å². The third kappa shape index (κ3) is 3.13. The Morgan fingerprint density at radius 1 is 1.33 bits per heavy atom. The second-order valence-corrected chi connectivity index (χ2v) is 5.68. The molecule has 5 heteroatoms. The van der Waals surface area contributed by atoms with Gasteiger partial charge in [-0.05, 0) is 30.9 Å². The molecule has 2 aliphatic rings. The highest BCUT2D eigenvalue weighted by Gasteiger charge is 2.29. The summed E-state index contributed by atoms with van der Waals surface area (Å²) in [5.74, 6) is 0.435. The van der Waals surface area contributed by atoms with Gasteiger partial charge < -0.3 is 19.3 Å². The van der Waals surface area contributed by atoms with Gasteiger partial charge in [-0.3, -0.25) is 0 Å². The Morgan fingerprint density at radius 2 is 2.14 bits per heavy atom. The fourth-order valence-corrected chi connectivity index (χ4v) is 3.03. The molecular weight excluding hydrogens is 272 g/mol. The second kappa shape index (κ2) is 5.93. The smallest absolute Gasteiger partial charge is 0.345 e. The van der Waals surface area contributed by atoms with Crippen LogP contribution in [0, 0.1) is 0 Å². The predicted octanol–water partition coefficient (Wildman–Crippen LogP) is 2.41. The van der Waals surface area contributed by atoms with Crippen LogP contribution in [0.5, 0.6) is 11.5 Å². The van der Waals surface area contributed by atoms with E-state index in [0.29, 0.717) is 12.2 Å². The van der Waals surface area contributed by atoms with E-state index in [1.54, 1.807) is 13.2 Å². The van der Waals surface area contributed by atoms with Crippen LogP contribution in [0.25, 0.3) is 0 Å². The average Bonchev–Trinajstić information content (AvgIpc) is 2.91. The van der Waals surface area contributed by atoms with Gasteiger partial charge in [-0.15, -0.1) is 0 Å². The van der Waals surface area contributed by atoms with E-state index in [1.807, 2.05) is 12.1 Å². The lowest BCUT2D eigenvalue weighted by Gasteiger charge is -2.28. The number of benzene rings is 1. The highest BCUT2D eigenvalue weighted by Crippen LogP contribution is 2.34. The Bertz CT molecular complexity index is 527. The number of carbonyl (C=O) groups is 1. The summed E-state index contributed by atoms with van der Waals surface area (Å²) in [5, 5.41) is 9.00. The van der Waals surface area contributed by atoms with Crippen LogP contribution >= 0.6 is 0 Å². The van der Waals surface area contributed by atoms with E-state index in [0.717, 1.165) is 37.0 Å². The molecule has 0 saturated heterocycles. The lowest BCUT2D eigenvalue weighted by molar-refractivity contribution is -0.144. The van der Waals surface area contributed by atoms with Crippen molar-refractivity contribution in [2.45, 2.75) is 50.4 Å². The van der Waals surface area contributed by atoms with Crippen molar-refractivity contribution in [1.82, 2.24) is 0 Å². The van der Waals surface area contributed by atoms with Crippen molar-refractivity contribution in [1.29, 1.82) is 0 Å². The third-order valence-corrected chi connectivity index (χ3v) is 4.20. The molecule has 1 aromatic rings. The van der Waals surface area contributed by atoms with Crippen molar-refractivity contribution in [3.8, 4) is 11.5 Å². The molecule has 0 aromatic heterocycles. The first kappa shape index (κ1) is 14.2. The molecule has 1 heterocycles. The molecule has 0 radical (unpaired) electrons. The fraction of sp³-hybridized carbons (Fsp3) is 0.562. The number of ether oxygens (including phenoxy) is 3. The van der Waals surface area contributed by atoms with Gasteiger partial charge in [0.15, 0.2) is 6.10 Å². The molecule has 21 heavy (non-hydrogen) atoms. The van der Waals surface area contributed by atoms with Gasteiger partial charge in [-0.25, -0.2) is 4.79 Å². The number of fused-ring (bicyclic) bond motifs is 1. The molecule has 0 spiro atoms. The van der Waals surface area contributed by atoms with E-state index in [1.165, 1.54) is 0 Å². The van der Waals surface area contributed by atoms with Crippen LogP contribution in [0.15, 0.2) is 18.2 Å². The SMILES string of the molecule is COC1CCCC(Oc2ccc3c(c2)OC(C(=O)O)C3)C1. The zero-order valence-electron chi connectivity index (χ0n) is 12.1. The monoisotopic (exact) mass is 292 g/mol. The summed E-state index contributed by atoms with van der Waals surface area (Å²) in [4.78, 5) is 11.0. The van der Waals surface area contributed by atoms with E-state index in [2.05, 4.69) is 0 Å². The molecule has 5 nitrogen and oxygen atoms in total. The largest absolute Gasteiger partial charge is 0.490 e. The molecule has 3 unspecified atom stereocenters. The molecule has 1 fully saturated rings. The van der Waals surface area contributed by atoms with Gasteiger partial charge in [-0.1, -0.05) is 6.07 Å². The maximum atomic E-state index is 11.0. The Kier molecular flexibility index (Phi) is 4.01. The van der Waals surface area contributed by atoms with Gasteiger partial charge >= 0.3 is 5.97 Å². The maximum absolute atomic E-state index is 11.0. The summed E-state index contributed by atoms with van der Waals surface area (Å²) in [6, 6.07) is 5.59. The molecule has 1 aliphatic carbocycles. The molecule has 1 saturated carbocycles. The van der Waals surface area contributed by atoms with E-state index < -0.39 is 12.1 Å². The normalized spacial score (nSPS) is 27.8. The summed E-state index contributed by atoms with van der Waals surface area (Å²) < 4.78 is 16.8. The number of aliphatic carboxylic acids is 1. The highest BCUT2D eigenvalue weighted by atomic mass is 16.5. The number of methoxy groups -OCH3 is 1. The summed E-state index contributed by atoms with van der Waals surface area (Å²) in [6.07, 6.45) is 4.17. The first-order valence-corrected chi connectivity index (χ1v) is 7.37. The topological polar surface area (TPSA) is 65.0 Å². The maximum Gasteiger partial charge on any atom is 0.345 e. The molecule has 114 valence electrons. The molecule has 3 atom stereocenters. The Balaban J connectivity index is 1.66. The zero-order chi connectivity index (χ0) is 14.8. The number of hydrogen-bond acceptors (Lipinski definition) is 4. The first-order valence-electron chi connectivity index (χ1n) is 7.37. The highest BCUT2D eigenvalue weighted by molar-refractivity contribution is 5.74. The minimum absolute atomic E-state index is 0.151. The Morgan fingerprint density at radius 3 is 2.90 bits per heavy atom. The molecule has 0 bridgehead atoms. The first-order chi connectivity index (χ1) is 10.2. The summed E-state index contributed by atoms with van der Waals surface area (Å²) in [5.41, 5.74) is 0.924. The third-order valence-electron chi connectivity index (χ3n) is 4.20. The average molecular weight is 292 g/mol. The van der Waals surface area contributed by atoms with Crippen molar-refractivity contribution in [3.63, 3.8) is 0 Å². The van der Waals surface area contributed by atoms with Gasteiger partial charge in [0.05, 0.1) is 6.10 Å². The van der Waals surface area contributed by atoms with Crippen LogP contribution in [0.3, 0.4) is 0 Å². The van der Waals surface area contributed by atoms with Crippen LogP contribution in [0.1, 0.15) is 31.2 Å². The molecule has 1 N–H and O–H groups in total. The van der Waals surface area contributed by atoms with Gasteiger partial charge in [0.25, 0.3) is 0 Å². The number of carboxylic acids is 1. The summed E-state index contributed by atoms with van der Waals surface area (Å²) in [6.45, 7) is 0. The van der Waals surface area contributed by atoms with E-state index in [4.69, 9.17) is 19.3 Å². The summed E-state index contributed by atoms with van der Waals surface area (Å²) in [7, 11) is 1.74. The van der Waals surface area contributed by atoms with Crippen LogP contribution in [0.4, 0.5) is 0 Å². The molecule has 3 rings (SSSR count). The van der Waals surface area contributed by atoms with Crippen molar-refractivity contribution in [2.75, 3.05) is 7.11 Å². The molecular formula is C16H20O5. The Labute approximate surface area is 123 Å². The predicted molar refractivity (Wildman–Crippen MR) is 75.9 cm³/mol.